The van der Waals surface area contributed by atoms with E-state index in [1.807, 2.05) is 0 Å². The fraction of sp³-hybridized carbons (Fsp3) is 0.348. The van der Waals surface area contributed by atoms with Gasteiger partial charge in [0.05, 0.1) is 35.1 Å². The van der Waals surface area contributed by atoms with Gasteiger partial charge in [-0.05, 0) is 55.5 Å². The summed E-state index contributed by atoms with van der Waals surface area (Å²) in [6.07, 6.45) is 0.114. The second-order valence-corrected chi connectivity index (χ2v) is 7.80. The largest absolute Gasteiger partial charge is 0.463 e. The standard InChI is InChI=1S/C23H23FN2O5/c1-12-6-16-14(4-3-5-27)17-9-26-21(22(17)25-20(16)8-19(12)24)7-15(13(2)29)18(23(26)30)10-31-11-28/h6-8,11,13,27,29H,3-5,9-10H2,1-2H3. The lowest BCUT2D eigenvalue weighted by Gasteiger charge is -2.14. The number of carbonyl (C=O) groups is 1. The minimum absolute atomic E-state index is 0.00498. The highest BCUT2D eigenvalue weighted by Crippen LogP contribution is 2.38. The summed E-state index contributed by atoms with van der Waals surface area (Å²) >= 11 is 0. The van der Waals surface area contributed by atoms with Gasteiger partial charge in [0.1, 0.15) is 12.4 Å². The number of aliphatic hydroxyl groups is 2. The summed E-state index contributed by atoms with van der Waals surface area (Å²) in [5.74, 6) is -0.366. The molecule has 0 aliphatic carbocycles. The quantitative estimate of drug-likeness (QED) is 0.441. The third-order valence-corrected chi connectivity index (χ3v) is 5.81. The average Bonchev–Trinajstić information content (AvgIpc) is 3.10. The summed E-state index contributed by atoms with van der Waals surface area (Å²) in [7, 11) is 0. The average molecular weight is 426 g/mol. The molecule has 8 heteroatoms. The Morgan fingerprint density at radius 3 is 2.77 bits per heavy atom. The van der Waals surface area contributed by atoms with Crippen molar-refractivity contribution in [1.29, 1.82) is 0 Å². The molecule has 1 unspecified atom stereocenters. The second kappa shape index (κ2) is 8.20. The predicted molar refractivity (Wildman–Crippen MR) is 112 cm³/mol. The van der Waals surface area contributed by atoms with Crippen LogP contribution in [0, 0.1) is 12.7 Å². The summed E-state index contributed by atoms with van der Waals surface area (Å²) in [6.45, 7) is 3.51. The number of fused-ring (bicyclic) bond motifs is 4. The highest BCUT2D eigenvalue weighted by Gasteiger charge is 2.29. The van der Waals surface area contributed by atoms with Crippen LogP contribution in [0.3, 0.4) is 0 Å². The molecule has 0 saturated heterocycles. The number of aryl methyl sites for hydroxylation is 2. The van der Waals surface area contributed by atoms with Crippen LogP contribution in [0.2, 0.25) is 0 Å². The van der Waals surface area contributed by atoms with E-state index >= 15 is 0 Å². The fourth-order valence-corrected chi connectivity index (χ4v) is 4.28. The van der Waals surface area contributed by atoms with Crippen LogP contribution in [-0.2, 0) is 29.1 Å². The van der Waals surface area contributed by atoms with Gasteiger partial charge in [-0.25, -0.2) is 9.37 Å². The lowest BCUT2D eigenvalue weighted by atomic mass is 9.95. The van der Waals surface area contributed by atoms with E-state index in [-0.39, 0.29) is 43.2 Å². The molecule has 2 N–H and O–H groups in total. The van der Waals surface area contributed by atoms with Gasteiger partial charge >= 0.3 is 0 Å². The van der Waals surface area contributed by atoms with Crippen molar-refractivity contribution in [1.82, 2.24) is 9.55 Å². The zero-order chi connectivity index (χ0) is 22.3. The predicted octanol–water partition coefficient (Wildman–Crippen LogP) is 2.52. The molecule has 2 aromatic heterocycles. The minimum atomic E-state index is -0.956. The van der Waals surface area contributed by atoms with Crippen molar-refractivity contribution in [3.8, 4) is 11.4 Å². The Hall–Kier alpha value is -3.10. The molecule has 3 aromatic rings. The highest BCUT2D eigenvalue weighted by molar-refractivity contribution is 5.88. The van der Waals surface area contributed by atoms with Gasteiger partial charge in [0.25, 0.3) is 12.0 Å². The number of carbonyl (C=O) groups excluding carboxylic acids is 1. The van der Waals surface area contributed by atoms with Gasteiger partial charge in [-0.3, -0.25) is 9.59 Å². The van der Waals surface area contributed by atoms with E-state index < -0.39 is 6.10 Å². The van der Waals surface area contributed by atoms with Crippen LogP contribution < -0.4 is 5.56 Å². The van der Waals surface area contributed by atoms with E-state index in [4.69, 9.17) is 4.74 Å². The molecule has 1 aromatic carbocycles. The Labute approximate surface area is 177 Å². The molecule has 0 radical (unpaired) electrons. The smallest absolute Gasteiger partial charge is 0.293 e. The number of benzene rings is 1. The Bertz CT molecular complexity index is 1250. The molecule has 0 fully saturated rings. The number of aromatic nitrogens is 2. The molecular formula is C23H23FN2O5. The summed E-state index contributed by atoms with van der Waals surface area (Å²) in [6, 6.07) is 4.82. The second-order valence-electron chi connectivity index (χ2n) is 7.80. The first-order chi connectivity index (χ1) is 14.9. The Kier molecular flexibility index (Phi) is 5.60. The van der Waals surface area contributed by atoms with E-state index in [2.05, 4.69) is 4.98 Å². The van der Waals surface area contributed by atoms with Gasteiger partial charge < -0.3 is 19.5 Å². The van der Waals surface area contributed by atoms with Crippen LogP contribution in [0.4, 0.5) is 4.39 Å². The van der Waals surface area contributed by atoms with Crippen molar-refractivity contribution in [2.45, 2.75) is 45.9 Å². The number of pyridine rings is 2. The molecule has 0 bridgehead atoms. The van der Waals surface area contributed by atoms with Crippen LogP contribution in [-0.4, -0.2) is 32.8 Å². The molecule has 3 heterocycles. The van der Waals surface area contributed by atoms with Crippen LogP contribution >= 0.6 is 0 Å². The maximum atomic E-state index is 14.3. The lowest BCUT2D eigenvalue weighted by Crippen LogP contribution is -2.26. The van der Waals surface area contributed by atoms with Crippen LogP contribution in [0.25, 0.3) is 22.3 Å². The van der Waals surface area contributed by atoms with Gasteiger partial charge in [0.15, 0.2) is 0 Å². The molecule has 1 atom stereocenters. The number of aliphatic hydroxyl groups excluding tert-OH is 2. The Morgan fingerprint density at radius 2 is 2.10 bits per heavy atom. The van der Waals surface area contributed by atoms with E-state index in [9.17, 15) is 24.2 Å². The molecule has 0 saturated carbocycles. The van der Waals surface area contributed by atoms with Gasteiger partial charge in [0, 0.05) is 23.6 Å². The summed E-state index contributed by atoms with van der Waals surface area (Å²) < 4.78 is 20.6. The van der Waals surface area contributed by atoms with Crippen LogP contribution in [0.1, 0.15) is 47.3 Å². The maximum absolute atomic E-state index is 14.3. The van der Waals surface area contributed by atoms with E-state index in [0.29, 0.717) is 40.9 Å². The number of rotatable bonds is 7. The van der Waals surface area contributed by atoms with Crippen molar-refractivity contribution in [2.24, 2.45) is 0 Å². The van der Waals surface area contributed by atoms with Crippen molar-refractivity contribution in [3.05, 3.63) is 62.2 Å². The Morgan fingerprint density at radius 1 is 1.32 bits per heavy atom. The number of hydrogen-bond acceptors (Lipinski definition) is 6. The molecule has 1 aliphatic heterocycles. The molecule has 1 aliphatic rings. The first-order valence-electron chi connectivity index (χ1n) is 10.1. The van der Waals surface area contributed by atoms with E-state index in [1.165, 1.54) is 17.6 Å². The lowest BCUT2D eigenvalue weighted by molar-refractivity contribution is -0.129. The molecule has 0 spiro atoms. The first kappa shape index (κ1) is 21.1. The zero-order valence-corrected chi connectivity index (χ0v) is 17.3. The highest BCUT2D eigenvalue weighted by atomic mass is 19.1. The first-order valence-corrected chi connectivity index (χ1v) is 10.1. The summed E-state index contributed by atoms with van der Waals surface area (Å²) in [4.78, 5) is 28.5. The van der Waals surface area contributed by atoms with Gasteiger partial charge in [-0.15, -0.1) is 0 Å². The van der Waals surface area contributed by atoms with Gasteiger partial charge in [0.2, 0.25) is 0 Å². The third kappa shape index (κ3) is 3.51. The van der Waals surface area contributed by atoms with Crippen molar-refractivity contribution >= 4 is 17.4 Å². The van der Waals surface area contributed by atoms with Gasteiger partial charge in [-0.1, -0.05) is 0 Å². The molecular weight excluding hydrogens is 403 g/mol. The van der Waals surface area contributed by atoms with Crippen molar-refractivity contribution in [2.75, 3.05) is 6.61 Å². The number of nitrogens with zero attached hydrogens (tertiary/aromatic N) is 2. The Balaban J connectivity index is 2.00. The summed E-state index contributed by atoms with van der Waals surface area (Å²) in [5.41, 5.74) is 4.03. The SMILES string of the molecule is Cc1cc2c(CCCO)c3c(nc2cc1F)-c1cc(C(C)O)c(COC=O)c(=O)n1C3. The molecule has 31 heavy (non-hydrogen) atoms. The number of halogens is 1. The molecule has 162 valence electrons. The van der Waals surface area contributed by atoms with Crippen molar-refractivity contribution < 1.29 is 24.1 Å². The zero-order valence-electron chi connectivity index (χ0n) is 17.3. The fourth-order valence-electron chi connectivity index (χ4n) is 4.28. The maximum Gasteiger partial charge on any atom is 0.293 e. The summed E-state index contributed by atoms with van der Waals surface area (Å²) in [5, 5.41) is 20.4. The topological polar surface area (TPSA) is 102 Å². The third-order valence-electron chi connectivity index (χ3n) is 5.81. The molecule has 4 rings (SSSR count). The molecule has 7 nitrogen and oxygen atoms in total. The molecule has 0 amide bonds. The minimum Gasteiger partial charge on any atom is -0.463 e. The van der Waals surface area contributed by atoms with Crippen LogP contribution in [0.5, 0.6) is 0 Å². The van der Waals surface area contributed by atoms with E-state index in [0.717, 1.165) is 16.5 Å². The van der Waals surface area contributed by atoms with Crippen molar-refractivity contribution in [3.63, 3.8) is 0 Å². The number of ether oxygens (including phenoxy) is 1. The normalized spacial score (nSPS) is 13.2. The van der Waals surface area contributed by atoms with Gasteiger partial charge in [-0.2, -0.15) is 0 Å². The monoisotopic (exact) mass is 426 g/mol. The van der Waals surface area contributed by atoms with Crippen LogP contribution in [0.15, 0.2) is 23.0 Å². The van der Waals surface area contributed by atoms with E-state index in [1.54, 1.807) is 19.1 Å². The number of hydrogen-bond donors (Lipinski definition) is 2.